The summed E-state index contributed by atoms with van der Waals surface area (Å²) in [5.74, 6) is -0.876. The van der Waals surface area contributed by atoms with E-state index in [9.17, 15) is 19.8 Å². The standard InChI is InChI=1S/C20H23N3O4/c1-12-4-7-17(13(2)10-12)21-19(26)8-9-20(27)23-22-14(3)16-6-5-15(24)11-18(16)25/h4-7,10-11,24-25H,8-9H2,1-3H3,(H,21,26)(H,23,27). The van der Waals surface area contributed by atoms with E-state index in [2.05, 4.69) is 15.8 Å². The Balaban J connectivity index is 1.85. The monoisotopic (exact) mass is 369 g/mol. The van der Waals surface area contributed by atoms with Gasteiger partial charge in [-0.25, -0.2) is 5.43 Å². The third-order valence-electron chi connectivity index (χ3n) is 3.95. The quantitative estimate of drug-likeness (QED) is 0.463. The van der Waals surface area contributed by atoms with Crippen molar-refractivity contribution in [2.24, 2.45) is 5.10 Å². The average Bonchev–Trinajstić information content (AvgIpc) is 2.60. The van der Waals surface area contributed by atoms with Gasteiger partial charge in [-0.2, -0.15) is 5.10 Å². The fraction of sp³-hybridized carbons (Fsp3) is 0.250. The van der Waals surface area contributed by atoms with Crippen LogP contribution < -0.4 is 10.7 Å². The molecule has 27 heavy (non-hydrogen) atoms. The number of hydrazone groups is 1. The molecule has 7 nitrogen and oxygen atoms in total. The summed E-state index contributed by atoms with van der Waals surface area (Å²) in [5.41, 5.74) is 5.91. The number of aryl methyl sites for hydroxylation is 2. The number of nitrogens with one attached hydrogen (secondary N) is 2. The molecule has 0 bridgehead atoms. The Labute approximate surface area is 157 Å². The number of phenolic OH excluding ortho intramolecular Hbond substituents is 2. The van der Waals surface area contributed by atoms with Crippen molar-refractivity contribution >= 4 is 23.2 Å². The van der Waals surface area contributed by atoms with Gasteiger partial charge >= 0.3 is 0 Å². The highest BCUT2D eigenvalue weighted by Crippen LogP contribution is 2.23. The highest BCUT2D eigenvalue weighted by molar-refractivity contribution is 6.01. The number of hydrogen-bond acceptors (Lipinski definition) is 5. The zero-order chi connectivity index (χ0) is 20.0. The largest absolute Gasteiger partial charge is 0.508 e. The van der Waals surface area contributed by atoms with Crippen LogP contribution in [-0.4, -0.2) is 27.7 Å². The van der Waals surface area contributed by atoms with Crippen LogP contribution in [0.25, 0.3) is 0 Å². The lowest BCUT2D eigenvalue weighted by Gasteiger charge is -2.09. The SMILES string of the molecule is CC(=NNC(=O)CCC(=O)Nc1ccc(C)cc1C)c1ccc(O)cc1O. The summed E-state index contributed by atoms with van der Waals surface area (Å²) in [6, 6.07) is 9.80. The van der Waals surface area contributed by atoms with Gasteiger partial charge in [0.15, 0.2) is 0 Å². The van der Waals surface area contributed by atoms with Crippen molar-refractivity contribution in [3.63, 3.8) is 0 Å². The second-order valence-electron chi connectivity index (χ2n) is 6.30. The second-order valence-corrected chi connectivity index (χ2v) is 6.30. The van der Waals surface area contributed by atoms with Gasteiger partial charge < -0.3 is 15.5 Å². The van der Waals surface area contributed by atoms with Crippen molar-refractivity contribution < 1.29 is 19.8 Å². The van der Waals surface area contributed by atoms with Crippen molar-refractivity contribution in [1.82, 2.24) is 5.43 Å². The van der Waals surface area contributed by atoms with E-state index in [0.29, 0.717) is 11.3 Å². The van der Waals surface area contributed by atoms with Crippen LogP contribution in [0.15, 0.2) is 41.5 Å². The number of nitrogens with zero attached hydrogens (tertiary/aromatic N) is 1. The first kappa shape index (κ1) is 20.0. The zero-order valence-corrected chi connectivity index (χ0v) is 15.5. The Morgan fingerprint density at radius 3 is 2.37 bits per heavy atom. The molecular formula is C20H23N3O4. The average molecular weight is 369 g/mol. The van der Waals surface area contributed by atoms with E-state index in [1.165, 1.54) is 18.2 Å². The normalized spacial score (nSPS) is 11.1. The fourth-order valence-electron chi connectivity index (χ4n) is 2.48. The molecule has 0 atom stereocenters. The Hall–Kier alpha value is -3.35. The molecule has 0 saturated carbocycles. The lowest BCUT2D eigenvalue weighted by molar-refractivity contribution is -0.124. The summed E-state index contributed by atoms with van der Waals surface area (Å²) in [6.45, 7) is 5.49. The summed E-state index contributed by atoms with van der Waals surface area (Å²) < 4.78 is 0. The number of carbonyl (C=O) groups is 2. The van der Waals surface area contributed by atoms with Crippen LogP contribution >= 0.6 is 0 Å². The summed E-state index contributed by atoms with van der Waals surface area (Å²) in [4.78, 5) is 23.9. The molecule has 0 saturated heterocycles. The van der Waals surface area contributed by atoms with E-state index >= 15 is 0 Å². The number of amides is 2. The van der Waals surface area contributed by atoms with Crippen LogP contribution in [0.4, 0.5) is 5.69 Å². The van der Waals surface area contributed by atoms with Crippen molar-refractivity contribution in [2.75, 3.05) is 5.32 Å². The first-order valence-corrected chi connectivity index (χ1v) is 8.49. The molecule has 0 unspecified atom stereocenters. The minimum absolute atomic E-state index is 0.0188. The summed E-state index contributed by atoms with van der Waals surface area (Å²) in [6.07, 6.45) is 0.00720. The molecule has 0 aliphatic rings. The second kappa shape index (κ2) is 8.84. The number of aromatic hydroxyl groups is 2. The molecule has 0 aliphatic heterocycles. The summed E-state index contributed by atoms with van der Waals surface area (Å²) in [7, 11) is 0. The maximum absolute atomic E-state index is 12.0. The molecule has 0 aromatic heterocycles. The third kappa shape index (κ3) is 5.85. The minimum atomic E-state index is -0.414. The van der Waals surface area contributed by atoms with Gasteiger partial charge in [0.05, 0.1) is 5.71 Å². The number of carbonyl (C=O) groups excluding carboxylic acids is 2. The van der Waals surface area contributed by atoms with Gasteiger partial charge in [0.1, 0.15) is 11.5 Å². The van der Waals surface area contributed by atoms with Gasteiger partial charge in [0.2, 0.25) is 11.8 Å². The molecule has 7 heteroatoms. The Kier molecular flexibility index (Phi) is 6.54. The number of phenols is 2. The van der Waals surface area contributed by atoms with E-state index in [-0.39, 0.29) is 30.2 Å². The van der Waals surface area contributed by atoms with Crippen molar-refractivity contribution in [1.29, 1.82) is 0 Å². The molecule has 0 spiro atoms. The van der Waals surface area contributed by atoms with Gasteiger partial charge in [-0.3, -0.25) is 9.59 Å². The molecule has 0 heterocycles. The highest BCUT2D eigenvalue weighted by atomic mass is 16.3. The van der Waals surface area contributed by atoms with Gasteiger partial charge in [0.25, 0.3) is 0 Å². The van der Waals surface area contributed by atoms with E-state index in [4.69, 9.17) is 0 Å². The zero-order valence-electron chi connectivity index (χ0n) is 15.5. The maximum Gasteiger partial charge on any atom is 0.240 e. The van der Waals surface area contributed by atoms with Crippen LogP contribution in [-0.2, 0) is 9.59 Å². The first-order valence-electron chi connectivity index (χ1n) is 8.49. The molecule has 0 fully saturated rings. The number of rotatable bonds is 6. The Bertz CT molecular complexity index is 891. The molecule has 2 aromatic rings. The topological polar surface area (TPSA) is 111 Å². The molecule has 0 radical (unpaired) electrons. The van der Waals surface area contributed by atoms with E-state index < -0.39 is 5.91 Å². The molecule has 4 N–H and O–H groups in total. The van der Waals surface area contributed by atoms with Crippen LogP contribution in [0.5, 0.6) is 11.5 Å². The molecule has 2 rings (SSSR count). The van der Waals surface area contributed by atoms with E-state index in [1.54, 1.807) is 6.92 Å². The predicted octanol–water partition coefficient (Wildman–Crippen LogP) is 2.97. The number of benzene rings is 2. The lowest BCUT2D eigenvalue weighted by atomic mass is 10.1. The Morgan fingerprint density at radius 2 is 1.70 bits per heavy atom. The van der Waals surface area contributed by atoms with Crippen molar-refractivity contribution in [2.45, 2.75) is 33.6 Å². The summed E-state index contributed by atoms with van der Waals surface area (Å²) in [5, 5.41) is 25.8. The highest BCUT2D eigenvalue weighted by Gasteiger charge is 2.10. The molecule has 2 aromatic carbocycles. The van der Waals surface area contributed by atoms with Crippen molar-refractivity contribution in [3.8, 4) is 11.5 Å². The summed E-state index contributed by atoms with van der Waals surface area (Å²) >= 11 is 0. The van der Waals surface area contributed by atoms with Crippen molar-refractivity contribution in [3.05, 3.63) is 53.1 Å². The molecule has 0 aliphatic carbocycles. The molecular weight excluding hydrogens is 346 g/mol. The van der Waals surface area contributed by atoms with Crippen LogP contribution in [0.1, 0.15) is 36.5 Å². The fourth-order valence-corrected chi connectivity index (χ4v) is 2.48. The first-order chi connectivity index (χ1) is 12.8. The van der Waals surface area contributed by atoms with Gasteiger partial charge in [0, 0.05) is 30.2 Å². The number of hydrogen-bond donors (Lipinski definition) is 4. The predicted molar refractivity (Wildman–Crippen MR) is 104 cm³/mol. The van der Waals surface area contributed by atoms with E-state index in [0.717, 1.165) is 16.8 Å². The third-order valence-corrected chi connectivity index (χ3v) is 3.95. The lowest BCUT2D eigenvalue weighted by Crippen LogP contribution is -2.22. The Morgan fingerprint density at radius 1 is 1.00 bits per heavy atom. The van der Waals surface area contributed by atoms with Gasteiger partial charge in [-0.05, 0) is 44.5 Å². The van der Waals surface area contributed by atoms with Crippen LogP contribution in [0, 0.1) is 13.8 Å². The smallest absolute Gasteiger partial charge is 0.240 e. The maximum atomic E-state index is 12.0. The van der Waals surface area contributed by atoms with E-state index in [1.807, 2.05) is 32.0 Å². The van der Waals surface area contributed by atoms with Gasteiger partial charge in [-0.15, -0.1) is 0 Å². The molecule has 142 valence electrons. The molecule has 2 amide bonds. The van der Waals surface area contributed by atoms with Crippen LogP contribution in [0.3, 0.4) is 0 Å². The minimum Gasteiger partial charge on any atom is -0.508 e. The van der Waals surface area contributed by atoms with Gasteiger partial charge in [-0.1, -0.05) is 17.7 Å². The van der Waals surface area contributed by atoms with Crippen LogP contribution in [0.2, 0.25) is 0 Å². The number of anilines is 1.